The van der Waals surface area contributed by atoms with Crippen LogP contribution in [0.25, 0.3) is 0 Å². The summed E-state index contributed by atoms with van der Waals surface area (Å²) < 4.78 is 2.03. The molecule has 1 aromatic rings. The first-order valence-electron chi connectivity index (χ1n) is 6.06. The second-order valence-corrected chi connectivity index (χ2v) is 5.29. The van der Waals surface area contributed by atoms with E-state index in [1.807, 2.05) is 11.7 Å². The van der Waals surface area contributed by atoms with Gasteiger partial charge in [0, 0.05) is 31.5 Å². The molecule has 0 bridgehead atoms. The second-order valence-electron chi connectivity index (χ2n) is 4.49. The molecular weight excluding hydrogens is 266 g/mol. The van der Waals surface area contributed by atoms with Crippen LogP contribution in [-0.4, -0.2) is 32.6 Å². The van der Waals surface area contributed by atoms with Crippen molar-refractivity contribution in [3.05, 3.63) is 17.5 Å². The Morgan fingerprint density at radius 2 is 2.31 bits per heavy atom. The fourth-order valence-electron chi connectivity index (χ4n) is 2.04. The molecule has 0 spiro atoms. The molecule has 90 valence electrons. The van der Waals surface area contributed by atoms with Crippen LogP contribution in [0.15, 0.2) is 6.07 Å². The van der Waals surface area contributed by atoms with Gasteiger partial charge in [-0.25, -0.2) is 0 Å². The number of hydrogen-bond acceptors (Lipinski definition) is 2. The van der Waals surface area contributed by atoms with Crippen LogP contribution < -0.4 is 0 Å². The van der Waals surface area contributed by atoms with Gasteiger partial charge in [-0.15, -0.1) is 0 Å². The van der Waals surface area contributed by atoms with Gasteiger partial charge < -0.3 is 0 Å². The van der Waals surface area contributed by atoms with E-state index in [-0.39, 0.29) is 0 Å². The highest BCUT2D eigenvalue weighted by Crippen LogP contribution is 2.28. The maximum Gasteiger partial charge on any atom is 0.0625 e. The van der Waals surface area contributed by atoms with Crippen molar-refractivity contribution in [1.82, 2.24) is 14.7 Å². The highest BCUT2D eigenvalue weighted by molar-refractivity contribution is 9.09. The Kier molecular flexibility index (Phi) is 4.03. The number of aryl methyl sites for hydroxylation is 2. The average Bonchev–Trinajstić information content (AvgIpc) is 3.05. The Labute approximate surface area is 106 Å². The monoisotopic (exact) mass is 285 g/mol. The molecule has 0 aromatic carbocycles. The van der Waals surface area contributed by atoms with Crippen molar-refractivity contribution in [2.24, 2.45) is 7.05 Å². The topological polar surface area (TPSA) is 21.1 Å². The molecule has 0 N–H and O–H groups in total. The van der Waals surface area contributed by atoms with Crippen LogP contribution in [0.2, 0.25) is 0 Å². The van der Waals surface area contributed by atoms with Crippen LogP contribution in [0.1, 0.15) is 31.2 Å². The molecule has 3 nitrogen and oxygen atoms in total. The van der Waals surface area contributed by atoms with E-state index in [4.69, 9.17) is 0 Å². The zero-order valence-corrected chi connectivity index (χ0v) is 11.7. The van der Waals surface area contributed by atoms with Gasteiger partial charge in [0.15, 0.2) is 0 Å². The van der Waals surface area contributed by atoms with Gasteiger partial charge >= 0.3 is 0 Å². The Morgan fingerprint density at radius 3 is 2.81 bits per heavy atom. The van der Waals surface area contributed by atoms with Gasteiger partial charge in [-0.2, -0.15) is 5.10 Å². The molecule has 1 saturated carbocycles. The minimum Gasteiger partial charge on any atom is -0.294 e. The van der Waals surface area contributed by atoms with E-state index >= 15 is 0 Å². The molecule has 0 aliphatic heterocycles. The smallest absolute Gasteiger partial charge is 0.0625 e. The summed E-state index contributed by atoms with van der Waals surface area (Å²) >= 11 is 3.53. The Morgan fingerprint density at radius 1 is 1.56 bits per heavy atom. The summed E-state index contributed by atoms with van der Waals surface area (Å²) in [6.45, 7) is 4.33. The summed E-state index contributed by atoms with van der Waals surface area (Å²) in [5.41, 5.74) is 2.54. The predicted molar refractivity (Wildman–Crippen MR) is 69.8 cm³/mol. The highest BCUT2D eigenvalue weighted by Gasteiger charge is 2.28. The van der Waals surface area contributed by atoms with Gasteiger partial charge in [0.2, 0.25) is 0 Å². The number of rotatable bonds is 6. The maximum atomic E-state index is 4.50. The summed E-state index contributed by atoms with van der Waals surface area (Å²) in [5, 5.41) is 5.56. The van der Waals surface area contributed by atoms with Crippen molar-refractivity contribution in [2.75, 3.05) is 11.9 Å². The van der Waals surface area contributed by atoms with Crippen molar-refractivity contribution in [3.8, 4) is 0 Å². The lowest BCUT2D eigenvalue weighted by molar-refractivity contribution is 0.265. The molecule has 0 atom stereocenters. The number of halogens is 1. The van der Waals surface area contributed by atoms with Gasteiger partial charge in [0.1, 0.15) is 0 Å². The highest BCUT2D eigenvalue weighted by atomic mass is 79.9. The lowest BCUT2D eigenvalue weighted by Crippen LogP contribution is -2.28. The van der Waals surface area contributed by atoms with Gasteiger partial charge in [0.05, 0.1) is 11.4 Å². The van der Waals surface area contributed by atoms with Crippen LogP contribution in [0.3, 0.4) is 0 Å². The maximum absolute atomic E-state index is 4.50. The third-order valence-electron chi connectivity index (χ3n) is 3.19. The SMILES string of the molecule is CCc1cc(CN(CCBr)C2CC2)n(C)n1. The van der Waals surface area contributed by atoms with Crippen molar-refractivity contribution in [3.63, 3.8) is 0 Å². The van der Waals surface area contributed by atoms with E-state index in [0.29, 0.717) is 0 Å². The predicted octanol–water partition coefficient (Wildman–Crippen LogP) is 2.34. The van der Waals surface area contributed by atoms with Crippen molar-refractivity contribution >= 4 is 15.9 Å². The Hall–Kier alpha value is -0.350. The summed E-state index contributed by atoms with van der Waals surface area (Å²) in [4.78, 5) is 2.56. The van der Waals surface area contributed by atoms with Crippen LogP contribution >= 0.6 is 15.9 Å². The fourth-order valence-corrected chi connectivity index (χ4v) is 2.49. The lowest BCUT2D eigenvalue weighted by Gasteiger charge is -2.20. The molecule has 1 aromatic heterocycles. The number of aromatic nitrogens is 2. The largest absolute Gasteiger partial charge is 0.294 e. The molecule has 1 aliphatic rings. The second kappa shape index (κ2) is 5.32. The van der Waals surface area contributed by atoms with E-state index < -0.39 is 0 Å². The molecule has 0 amide bonds. The van der Waals surface area contributed by atoms with E-state index in [9.17, 15) is 0 Å². The molecule has 2 rings (SSSR count). The van der Waals surface area contributed by atoms with Gasteiger partial charge in [-0.1, -0.05) is 22.9 Å². The number of alkyl halides is 1. The minimum atomic E-state index is 0.817. The first-order chi connectivity index (χ1) is 7.74. The van der Waals surface area contributed by atoms with Crippen LogP contribution in [0.4, 0.5) is 0 Å². The third kappa shape index (κ3) is 2.86. The van der Waals surface area contributed by atoms with Gasteiger partial charge in [0.25, 0.3) is 0 Å². The molecule has 1 heterocycles. The first kappa shape index (κ1) is 12.1. The standard InChI is InChI=1S/C12H20BrN3/c1-3-10-8-12(15(2)14-10)9-16(7-6-13)11-4-5-11/h8,11H,3-7,9H2,1-2H3. The zero-order valence-electron chi connectivity index (χ0n) is 10.1. The van der Waals surface area contributed by atoms with E-state index in [1.54, 1.807) is 0 Å². The van der Waals surface area contributed by atoms with E-state index in [0.717, 1.165) is 30.9 Å². The molecule has 1 fully saturated rings. The van der Waals surface area contributed by atoms with Crippen molar-refractivity contribution in [2.45, 2.75) is 38.8 Å². The van der Waals surface area contributed by atoms with Gasteiger partial charge in [-0.3, -0.25) is 9.58 Å². The quantitative estimate of drug-likeness (QED) is 0.748. The zero-order chi connectivity index (χ0) is 11.5. The summed E-state index contributed by atoms with van der Waals surface area (Å²) in [7, 11) is 2.05. The Bertz CT molecular complexity index is 344. The molecule has 0 unspecified atom stereocenters. The van der Waals surface area contributed by atoms with Crippen molar-refractivity contribution in [1.29, 1.82) is 0 Å². The molecular formula is C12H20BrN3. The van der Waals surface area contributed by atoms with E-state index in [2.05, 4.69) is 38.9 Å². The first-order valence-corrected chi connectivity index (χ1v) is 7.18. The number of nitrogens with zero attached hydrogens (tertiary/aromatic N) is 3. The molecule has 0 radical (unpaired) electrons. The fraction of sp³-hybridized carbons (Fsp3) is 0.750. The van der Waals surface area contributed by atoms with E-state index in [1.165, 1.54) is 24.2 Å². The molecule has 0 saturated heterocycles. The summed E-state index contributed by atoms with van der Waals surface area (Å²) in [6.07, 6.45) is 3.76. The van der Waals surface area contributed by atoms with Crippen LogP contribution in [0.5, 0.6) is 0 Å². The van der Waals surface area contributed by atoms with Crippen molar-refractivity contribution < 1.29 is 0 Å². The molecule has 16 heavy (non-hydrogen) atoms. The number of hydrogen-bond donors (Lipinski definition) is 0. The average molecular weight is 286 g/mol. The van der Waals surface area contributed by atoms with Crippen LogP contribution in [0, 0.1) is 0 Å². The minimum absolute atomic E-state index is 0.817. The van der Waals surface area contributed by atoms with Gasteiger partial charge in [-0.05, 0) is 25.3 Å². The molecule has 4 heteroatoms. The Balaban J connectivity index is 2.02. The van der Waals surface area contributed by atoms with Crippen LogP contribution in [-0.2, 0) is 20.0 Å². The normalized spacial score (nSPS) is 16.0. The summed E-state index contributed by atoms with van der Waals surface area (Å²) in [5.74, 6) is 0. The molecule has 1 aliphatic carbocycles. The lowest BCUT2D eigenvalue weighted by atomic mass is 10.3. The third-order valence-corrected chi connectivity index (χ3v) is 3.54. The summed E-state index contributed by atoms with van der Waals surface area (Å²) in [6, 6.07) is 3.06.